The molecule has 0 bridgehead atoms. The van der Waals surface area contributed by atoms with E-state index in [1.165, 1.54) is 0 Å². The highest BCUT2D eigenvalue weighted by Crippen LogP contribution is 2.38. The summed E-state index contributed by atoms with van der Waals surface area (Å²) in [6.45, 7) is 0.776. The third-order valence-electron chi connectivity index (χ3n) is 3.27. The predicted octanol–water partition coefficient (Wildman–Crippen LogP) is 4.14. The zero-order valence-electron chi connectivity index (χ0n) is 12.4. The molecule has 0 radical (unpaired) electrons. The van der Waals surface area contributed by atoms with Gasteiger partial charge in [-0.3, -0.25) is 19.5 Å². The SMILES string of the molecule is Cc1c(C(F)(F)F)ncn(-c2c(Cl)cc(C(F)(F)F)cc2[N+](=O)[O-])c1=O. The molecule has 0 saturated carbocycles. The first kappa shape index (κ1) is 19.7. The molecule has 0 fully saturated rings. The molecular formula is C13H6ClF6N3O3. The van der Waals surface area contributed by atoms with Crippen LogP contribution in [0.15, 0.2) is 23.3 Å². The summed E-state index contributed by atoms with van der Waals surface area (Å²) in [7, 11) is 0. The van der Waals surface area contributed by atoms with E-state index in [-0.39, 0.29) is 6.07 Å². The standard InChI is InChI=1S/C13H6ClF6N3O3/c1-5-10(13(18,19)20)21-4-22(11(5)24)9-7(14)2-6(12(15,16)17)3-8(9)23(25)26/h2-4H,1H3. The zero-order valence-corrected chi connectivity index (χ0v) is 13.2. The van der Waals surface area contributed by atoms with E-state index in [0.29, 0.717) is 17.0 Å². The summed E-state index contributed by atoms with van der Waals surface area (Å²) in [5.41, 5.74) is -7.28. The lowest BCUT2D eigenvalue weighted by molar-refractivity contribution is -0.384. The first-order valence-corrected chi connectivity index (χ1v) is 6.84. The van der Waals surface area contributed by atoms with Crippen LogP contribution in [0.5, 0.6) is 0 Å². The van der Waals surface area contributed by atoms with Crippen molar-refractivity contribution in [2.24, 2.45) is 0 Å². The molecule has 26 heavy (non-hydrogen) atoms. The molecule has 13 heteroatoms. The topological polar surface area (TPSA) is 78.0 Å². The molecule has 0 N–H and O–H groups in total. The fourth-order valence-corrected chi connectivity index (χ4v) is 2.42. The largest absolute Gasteiger partial charge is 0.433 e. The van der Waals surface area contributed by atoms with Gasteiger partial charge in [0.2, 0.25) is 0 Å². The van der Waals surface area contributed by atoms with Gasteiger partial charge in [0.15, 0.2) is 5.69 Å². The van der Waals surface area contributed by atoms with Gasteiger partial charge in [-0.1, -0.05) is 11.6 Å². The van der Waals surface area contributed by atoms with E-state index in [2.05, 4.69) is 4.98 Å². The minimum absolute atomic E-state index is 0.126. The van der Waals surface area contributed by atoms with Crippen molar-refractivity contribution in [1.29, 1.82) is 0 Å². The van der Waals surface area contributed by atoms with Crippen LogP contribution in [0.4, 0.5) is 32.0 Å². The fourth-order valence-electron chi connectivity index (χ4n) is 2.12. The van der Waals surface area contributed by atoms with Gasteiger partial charge in [0.25, 0.3) is 11.2 Å². The molecule has 0 atom stereocenters. The number of nitrogens with zero attached hydrogens (tertiary/aromatic N) is 3. The second-order valence-electron chi connectivity index (χ2n) is 4.97. The normalized spacial score (nSPS) is 12.3. The van der Waals surface area contributed by atoms with E-state index in [1.54, 1.807) is 0 Å². The lowest BCUT2D eigenvalue weighted by atomic mass is 10.1. The summed E-state index contributed by atoms with van der Waals surface area (Å²) >= 11 is 5.66. The summed E-state index contributed by atoms with van der Waals surface area (Å²) in [5, 5.41) is 10.3. The van der Waals surface area contributed by atoms with E-state index in [1.807, 2.05) is 0 Å². The number of nitro benzene ring substituents is 1. The maximum Gasteiger partial charge on any atom is 0.433 e. The minimum Gasteiger partial charge on any atom is -0.269 e. The van der Waals surface area contributed by atoms with Crippen LogP contribution in [-0.4, -0.2) is 14.5 Å². The number of rotatable bonds is 2. The predicted molar refractivity (Wildman–Crippen MR) is 76.2 cm³/mol. The molecule has 1 heterocycles. The highest BCUT2D eigenvalue weighted by molar-refractivity contribution is 6.33. The van der Waals surface area contributed by atoms with Gasteiger partial charge in [0.1, 0.15) is 12.0 Å². The molecule has 0 saturated heterocycles. The molecule has 2 rings (SSSR count). The van der Waals surface area contributed by atoms with E-state index >= 15 is 0 Å². The van der Waals surface area contributed by atoms with Crippen molar-refractivity contribution >= 4 is 17.3 Å². The van der Waals surface area contributed by atoms with Gasteiger partial charge in [-0.15, -0.1) is 0 Å². The molecule has 0 aliphatic rings. The van der Waals surface area contributed by atoms with Crippen molar-refractivity contribution in [1.82, 2.24) is 9.55 Å². The van der Waals surface area contributed by atoms with Gasteiger partial charge in [-0.2, -0.15) is 26.3 Å². The summed E-state index contributed by atoms with van der Waals surface area (Å²) in [4.78, 5) is 25.1. The van der Waals surface area contributed by atoms with Gasteiger partial charge < -0.3 is 0 Å². The lowest BCUT2D eigenvalue weighted by Crippen LogP contribution is -2.27. The Morgan fingerprint density at radius 3 is 2.19 bits per heavy atom. The number of alkyl halides is 6. The highest BCUT2D eigenvalue weighted by Gasteiger charge is 2.38. The highest BCUT2D eigenvalue weighted by atomic mass is 35.5. The van der Waals surface area contributed by atoms with Crippen LogP contribution in [-0.2, 0) is 12.4 Å². The molecule has 0 spiro atoms. The molecule has 0 aliphatic heterocycles. The van der Waals surface area contributed by atoms with Gasteiger partial charge in [-0.05, 0) is 13.0 Å². The Morgan fingerprint density at radius 1 is 1.15 bits per heavy atom. The molecule has 6 nitrogen and oxygen atoms in total. The smallest absolute Gasteiger partial charge is 0.269 e. The Bertz CT molecular complexity index is 952. The minimum atomic E-state index is -4.97. The van der Waals surface area contributed by atoms with Crippen molar-refractivity contribution < 1.29 is 31.3 Å². The summed E-state index contributed by atoms with van der Waals surface area (Å²) in [6.07, 6.45) is -9.61. The quantitative estimate of drug-likeness (QED) is 0.430. The second kappa shape index (κ2) is 6.27. The van der Waals surface area contributed by atoms with Crippen LogP contribution in [0.25, 0.3) is 5.69 Å². The Hall–Kier alpha value is -2.63. The van der Waals surface area contributed by atoms with Crippen LogP contribution in [0.2, 0.25) is 5.02 Å². The van der Waals surface area contributed by atoms with Crippen molar-refractivity contribution in [3.63, 3.8) is 0 Å². The second-order valence-corrected chi connectivity index (χ2v) is 5.38. The maximum atomic E-state index is 12.8. The number of hydrogen-bond donors (Lipinski definition) is 0. The molecule has 1 aromatic heterocycles. The number of halogens is 7. The Labute approximate surface area is 144 Å². The third-order valence-corrected chi connectivity index (χ3v) is 3.56. The molecule has 0 amide bonds. The average Bonchev–Trinajstić information content (AvgIpc) is 2.47. The molecule has 1 aromatic carbocycles. The lowest BCUT2D eigenvalue weighted by Gasteiger charge is -2.14. The van der Waals surface area contributed by atoms with Crippen LogP contribution in [0.3, 0.4) is 0 Å². The van der Waals surface area contributed by atoms with E-state index in [9.17, 15) is 41.3 Å². The van der Waals surface area contributed by atoms with Crippen molar-refractivity contribution in [3.8, 4) is 5.69 Å². The van der Waals surface area contributed by atoms with E-state index < -0.39 is 56.1 Å². The van der Waals surface area contributed by atoms with Gasteiger partial charge in [-0.25, -0.2) is 4.98 Å². The van der Waals surface area contributed by atoms with E-state index in [0.717, 1.165) is 6.92 Å². The number of benzene rings is 1. The molecule has 140 valence electrons. The summed E-state index contributed by atoms with van der Waals surface area (Å²) in [5.74, 6) is 0. The molecule has 2 aromatic rings. The van der Waals surface area contributed by atoms with Gasteiger partial charge in [0, 0.05) is 11.6 Å². The third kappa shape index (κ3) is 3.49. The number of aromatic nitrogens is 2. The maximum absolute atomic E-state index is 12.8. The van der Waals surface area contributed by atoms with E-state index in [4.69, 9.17) is 11.6 Å². The molecule has 0 unspecified atom stereocenters. The fraction of sp³-hybridized carbons (Fsp3) is 0.231. The van der Waals surface area contributed by atoms with Gasteiger partial charge in [0.05, 0.1) is 15.5 Å². The monoisotopic (exact) mass is 401 g/mol. The van der Waals surface area contributed by atoms with Gasteiger partial charge >= 0.3 is 12.4 Å². The first-order valence-electron chi connectivity index (χ1n) is 6.46. The molecule has 0 aliphatic carbocycles. The zero-order chi connectivity index (χ0) is 20.0. The Balaban J connectivity index is 2.84. The molecular weight excluding hydrogens is 396 g/mol. The summed E-state index contributed by atoms with van der Waals surface area (Å²) in [6, 6.07) is 0.448. The number of nitro groups is 1. The number of hydrogen-bond acceptors (Lipinski definition) is 4. The average molecular weight is 402 g/mol. The van der Waals surface area contributed by atoms with Crippen LogP contribution in [0.1, 0.15) is 16.8 Å². The van der Waals surface area contributed by atoms with Crippen LogP contribution < -0.4 is 5.56 Å². The van der Waals surface area contributed by atoms with Crippen molar-refractivity contribution in [2.45, 2.75) is 19.3 Å². The first-order chi connectivity index (χ1) is 11.7. The van der Waals surface area contributed by atoms with Crippen LogP contribution >= 0.6 is 11.6 Å². The van der Waals surface area contributed by atoms with Crippen molar-refractivity contribution in [2.75, 3.05) is 0 Å². The summed E-state index contributed by atoms with van der Waals surface area (Å²) < 4.78 is 76.9. The van der Waals surface area contributed by atoms with Crippen LogP contribution in [0, 0.1) is 17.0 Å². The van der Waals surface area contributed by atoms with Crippen molar-refractivity contribution in [3.05, 3.63) is 60.8 Å². The Morgan fingerprint density at radius 2 is 1.73 bits per heavy atom. The Kier molecular flexibility index (Phi) is 4.75.